The molecule has 0 aliphatic heterocycles. The van der Waals surface area contributed by atoms with Crippen molar-refractivity contribution in [1.82, 2.24) is 15.3 Å². The Morgan fingerprint density at radius 1 is 0.969 bits per heavy atom. The number of carbonyl (C=O) groups is 1. The molecule has 0 spiro atoms. The van der Waals surface area contributed by atoms with Crippen LogP contribution in [-0.4, -0.2) is 37.2 Å². The molecule has 0 bridgehead atoms. The summed E-state index contributed by atoms with van der Waals surface area (Å²) in [5.74, 6) is 1.59. The number of fused-ring (bicyclic) bond motifs is 1. The SMILES string of the molecule is COc1cc(CNC(=O)c2sc(-c3ccc(OC)c(OC)c3)nc2C)c2ccccc2n1. The molecule has 0 aliphatic carbocycles. The van der Waals surface area contributed by atoms with Crippen molar-refractivity contribution < 1.29 is 19.0 Å². The molecule has 2 aromatic carbocycles. The van der Waals surface area contributed by atoms with E-state index >= 15 is 0 Å². The molecule has 0 unspecified atom stereocenters. The second kappa shape index (κ2) is 9.23. The topological polar surface area (TPSA) is 82.6 Å². The molecule has 0 saturated carbocycles. The smallest absolute Gasteiger partial charge is 0.263 e. The van der Waals surface area contributed by atoms with Crippen LogP contribution in [0.3, 0.4) is 0 Å². The van der Waals surface area contributed by atoms with Crippen LogP contribution in [-0.2, 0) is 6.54 Å². The maximum Gasteiger partial charge on any atom is 0.263 e. The van der Waals surface area contributed by atoms with Crippen molar-refractivity contribution in [3.63, 3.8) is 0 Å². The van der Waals surface area contributed by atoms with Gasteiger partial charge in [0, 0.05) is 23.6 Å². The zero-order chi connectivity index (χ0) is 22.7. The Balaban J connectivity index is 1.57. The molecule has 2 heterocycles. The monoisotopic (exact) mass is 449 g/mol. The zero-order valence-electron chi connectivity index (χ0n) is 18.3. The predicted molar refractivity (Wildman–Crippen MR) is 125 cm³/mol. The first kappa shape index (κ1) is 21.6. The highest BCUT2D eigenvalue weighted by Crippen LogP contribution is 2.35. The number of hydrogen-bond acceptors (Lipinski definition) is 7. The van der Waals surface area contributed by atoms with Gasteiger partial charge in [-0.2, -0.15) is 0 Å². The third-order valence-corrected chi connectivity index (χ3v) is 6.27. The van der Waals surface area contributed by atoms with Crippen LogP contribution in [0.2, 0.25) is 0 Å². The molecule has 164 valence electrons. The summed E-state index contributed by atoms with van der Waals surface area (Å²) in [6, 6.07) is 15.2. The van der Waals surface area contributed by atoms with Crippen molar-refractivity contribution in [2.24, 2.45) is 0 Å². The summed E-state index contributed by atoms with van der Waals surface area (Å²) in [5, 5.41) is 4.72. The molecule has 0 fully saturated rings. The van der Waals surface area contributed by atoms with Crippen molar-refractivity contribution in [1.29, 1.82) is 0 Å². The minimum absolute atomic E-state index is 0.174. The van der Waals surface area contributed by atoms with Gasteiger partial charge >= 0.3 is 0 Å². The standard InChI is InChI=1S/C24H23N3O4S/c1-14-22(32-24(26-14)15-9-10-19(29-2)20(11-15)30-3)23(28)25-13-16-12-21(31-4)27-18-8-6-5-7-17(16)18/h5-12H,13H2,1-4H3,(H,25,28). The quantitative estimate of drug-likeness (QED) is 0.443. The van der Waals surface area contributed by atoms with E-state index < -0.39 is 0 Å². The fourth-order valence-corrected chi connectivity index (χ4v) is 4.41. The van der Waals surface area contributed by atoms with Crippen LogP contribution in [0.25, 0.3) is 21.5 Å². The van der Waals surface area contributed by atoms with Crippen LogP contribution >= 0.6 is 11.3 Å². The molecule has 4 rings (SSSR count). The van der Waals surface area contributed by atoms with E-state index in [1.807, 2.05) is 55.5 Å². The van der Waals surface area contributed by atoms with Crippen molar-refractivity contribution in [3.8, 4) is 28.0 Å². The lowest BCUT2D eigenvalue weighted by atomic mass is 10.1. The lowest BCUT2D eigenvalue weighted by molar-refractivity contribution is 0.0954. The number of methoxy groups -OCH3 is 3. The number of hydrogen-bond donors (Lipinski definition) is 1. The van der Waals surface area contributed by atoms with Gasteiger partial charge in [-0.15, -0.1) is 11.3 Å². The molecule has 0 radical (unpaired) electrons. The van der Waals surface area contributed by atoms with E-state index in [0.717, 1.165) is 27.0 Å². The molecule has 8 heteroatoms. The summed E-state index contributed by atoms with van der Waals surface area (Å²) >= 11 is 1.34. The lowest BCUT2D eigenvalue weighted by Gasteiger charge is -2.10. The number of carbonyl (C=O) groups excluding carboxylic acids is 1. The summed E-state index contributed by atoms with van der Waals surface area (Å²) in [4.78, 5) is 22.6. The van der Waals surface area contributed by atoms with Crippen molar-refractivity contribution in [3.05, 3.63) is 64.7 Å². The Labute approximate surface area is 190 Å². The van der Waals surface area contributed by atoms with Gasteiger partial charge in [-0.1, -0.05) is 18.2 Å². The molecule has 4 aromatic rings. The molecule has 1 amide bonds. The summed E-state index contributed by atoms with van der Waals surface area (Å²) < 4.78 is 16.0. The Morgan fingerprint density at radius 3 is 2.50 bits per heavy atom. The number of nitrogens with one attached hydrogen (secondary N) is 1. The maximum absolute atomic E-state index is 13.0. The van der Waals surface area contributed by atoms with Gasteiger partial charge in [0.05, 0.1) is 32.5 Å². The van der Waals surface area contributed by atoms with E-state index in [0.29, 0.717) is 34.5 Å². The van der Waals surface area contributed by atoms with Crippen LogP contribution in [0.1, 0.15) is 20.9 Å². The second-order valence-corrected chi connectivity index (χ2v) is 8.03. The fourth-order valence-electron chi connectivity index (χ4n) is 3.43. The second-order valence-electron chi connectivity index (χ2n) is 7.03. The summed E-state index contributed by atoms with van der Waals surface area (Å²) in [5.41, 5.74) is 3.29. The first-order valence-electron chi connectivity index (χ1n) is 9.94. The number of rotatable bonds is 7. The van der Waals surface area contributed by atoms with Gasteiger partial charge < -0.3 is 19.5 Å². The van der Waals surface area contributed by atoms with Gasteiger partial charge in [0.2, 0.25) is 5.88 Å². The molecule has 7 nitrogen and oxygen atoms in total. The van der Waals surface area contributed by atoms with E-state index in [1.165, 1.54) is 11.3 Å². The van der Waals surface area contributed by atoms with Gasteiger partial charge in [0.15, 0.2) is 11.5 Å². The number of para-hydroxylation sites is 1. The normalized spacial score (nSPS) is 10.8. The number of thiazole rings is 1. The summed E-state index contributed by atoms with van der Waals surface area (Å²) in [7, 11) is 4.76. The third kappa shape index (κ3) is 4.22. The minimum atomic E-state index is -0.174. The van der Waals surface area contributed by atoms with Crippen LogP contribution in [0.5, 0.6) is 17.4 Å². The predicted octanol–water partition coefficient (Wildman–Crippen LogP) is 4.62. The van der Waals surface area contributed by atoms with Gasteiger partial charge in [-0.25, -0.2) is 9.97 Å². The van der Waals surface area contributed by atoms with Crippen molar-refractivity contribution in [2.45, 2.75) is 13.5 Å². The zero-order valence-corrected chi connectivity index (χ0v) is 19.1. The molecular formula is C24H23N3O4S. The van der Waals surface area contributed by atoms with E-state index in [-0.39, 0.29) is 5.91 Å². The number of nitrogens with zero attached hydrogens (tertiary/aromatic N) is 2. The number of amides is 1. The van der Waals surface area contributed by atoms with Crippen LogP contribution in [0.4, 0.5) is 0 Å². The highest BCUT2D eigenvalue weighted by atomic mass is 32.1. The first-order chi connectivity index (χ1) is 15.5. The van der Waals surface area contributed by atoms with E-state index in [1.54, 1.807) is 21.3 Å². The van der Waals surface area contributed by atoms with Gasteiger partial charge in [-0.05, 0) is 36.8 Å². The van der Waals surface area contributed by atoms with E-state index in [9.17, 15) is 4.79 Å². The largest absolute Gasteiger partial charge is 0.493 e. The Kier molecular flexibility index (Phi) is 6.23. The number of benzene rings is 2. The highest BCUT2D eigenvalue weighted by molar-refractivity contribution is 7.17. The molecule has 0 saturated heterocycles. The number of aromatic nitrogens is 2. The van der Waals surface area contributed by atoms with Gasteiger partial charge in [0.1, 0.15) is 9.88 Å². The van der Waals surface area contributed by atoms with Crippen LogP contribution < -0.4 is 19.5 Å². The molecule has 0 aliphatic rings. The Bertz CT molecular complexity index is 1290. The average molecular weight is 450 g/mol. The van der Waals surface area contributed by atoms with Crippen LogP contribution in [0.15, 0.2) is 48.5 Å². The average Bonchev–Trinajstić information content (AvgIpc) is 3.23. The summed E-state index contributed by atoms with van der Waals surface area (Å²) in [6.45, 7) is 2.18. The molecule has 32 heavy (non-hydrogen) atoms. The van der Waals surface area contributed by atoms with Crippen molar-refractivity contribution >= 4 is 28.1 Å². The van der Waals surface area contributed by atoms with E-state index in [4.69, 9.17) is 14.2 Å². The maximum atomic E-state index is 13.0. The van der Waals surface area contributed by atoms with E-state index in [2.05, 4.69) is 15.3 Å². The highest BCUT2D eigenvalue weighted by Gasteiger charge is 2.18. The Morgan fingerprint density at radius 2 is 1.75 bits per heavy atom. The molecule has 0 atom stereocenters. The lowest BCUT2D eigenvalue weighted by Crippen LogP contribution is -2.22. The molecular weight excluding hydrogens is 426 g/mol. The number of aryl methyl sites for hydroxylation is 1. The van der Waals surface area contributed by atoms with Gasteiger partial charge in [-0.3, -0.25) is 4.79 Å². The summed E-state index contributed by atoms with van der Waals surface area (Å²) in [6.07, 6.45) is 0. The number of pyridine rings is 1. The van der Waals surface area contributed by atoms with Crippen LogP contribution in [0, 0.1) is 6.92 Å². The fraction of sp³-hybridized carbons (Fsp3) is 0.208. The Hall–Kier alpha value is -3.65. The van der Waals surface area contributed by atoms with Crippen molar-refractivity contribution in [2.75, 3.05) is 21.3 Å². The first-order valence-corrected chi connectivity index (χ1v) is 10.8. The third-order valence-electron chi connectivity index (χ3n) is 5.06. The molecule has 2 aromatic heterocycles. The minimum Gasteiger partial charge on any atom is -0.493 e. The number of ether oxygens (including phenoxy) is 3. The molecule has 1 N–H and O–H groups in total. The van der Waals surface area contributed by atoms with Gasteiger partial charge in [0.25, 0.3) is 5.91 Å².